The summed E-state index contributed by atoms with van der Waals surface area (Å²) in [4.78, 5) is 9.85. The summed E-state index contributed by atoms with van der Waals surface area (Å²) in [6, 6.07) is 0. The maximum absolute atomic E-state index is 9.85. The third-order valence-corrected chi connectivity index (χ3v) is 1.13. The van der Waals surface area contributed by atoms with Crippen molar-refractivity contribution in [1.82, 2.24) is 9.78 Å². The van der Waals surface area contributed by atoms with Crippen molar-refractivity contribution in [3.8, 4) is 0 Å². The SMILES string of the molecule is Cn1cc(N=O)c(Cl)n1. The molecule has 0 saturated heterocycles. The van der Waals surface area contributed by atoms with E-state index in [1.165, 1.54) is 10.9 Å². The van der Waals surface area contributed by atoms with Gasteiger partial charge in [-0.05, 0) is 5.18 Å². The molecule has 0 aromatic carbocycles. The van der Waals surface area contributed by atoms with Gasteiger partial charge in [-0.3, -0.25) is 4.68 Å². The van der Waals surface area contributed by atoms with Gasteiger partial charge in [0.25, 0.3) is 0 Å². The van der Waals surface area contributed by atoms with Crippen molar-refractivity contribution in [3.63, 3.8) is 0 Å². The van der Waals surface area contributed by atoms with Gasteiger partial charge < -0.3 is 0 Å². The fourth-order valence-corrected chi connectivity index (χ4v) is 0.713. The van der Waals surface area contributed by atoms with Crippen LogP contribution in [-0.4, -0.2) is 9.78 Å². The summed E-state index contributed by atoms with van der Waals surface area (Å²) in [5, 5.41) is 6.44. The molecule has 0 aliphatic heterocycles. The highest BCUT2D eigenvalue weighted by Crippen LogP contribution is 2.20. The van der Waals surface area contributed by atoms with Crippen LogP contribution in [0.25, 0.3) is 0 Å². The number of aryl methyl sites for hydroxylation is 1. The van der Waals surface area contributed by atoms with Gasteiger partial charge in [0.2, 0.25) is 0 Å². The molecule has 1 rings (SSSR count). The summed E-state index contributed by atoms with van der Waals surface area (Å²) in [6.07, 6.45) is 1.45. The van der Waals surface area contributed by atoms with Crippen molar-refractivity contribution in [2.45, 2.75) is 0 Å². The highest BCUT2D eigenvalue weighted by atomic mass is 35.5. The Hall–Kier alpha value is -0.900. The van der Waals surface area contributed by atoms with Gasteiger partial charge in [0.1, 0.15) is 0 Å². The minimum absolute atomic E-state index is 0.146. The second kappa shape index (κ2) is 2.14. The molecule has 0 atom stereocenters. The van der Waals surface area contributed by atoms with E-state index in [1.54, 1.807) is 7.05 Å². The Morgan fingerprint density at radius 1 is 1.89 bits per heavy atom. The van der Waals surface area contributed by atoms with E-state index in [2.05, 4.69) is 10.3 Å². The van der Waals surface area contributed by atoms with Crippen molar-refractivity contribution in [3.05, 3.63) is 16.3 Å². The van der Waals surface area contributed by atoms with Crippen LogP contribution in [0.1, 0.15) is 0 Å². The van der Waals surface area contributed by atoms with E-state index in [1.807, 2.05) is 0 Å². The first kappa shape index (κ1) is 6.22. The van der Waals surface area contributed by atoms with Crippen LogP contribution in [0, 0.1) is 4.91 Å². The van der Waals surface area contributed by atoms with Crippen LogP contribution in [0.15, 0.2) is 11.4 Å². The van der Waals surface area contributed by atoms with Gasteiger partial charge >= 0.3 is 0 Å². The molecule has 1 aromatic heterocycles. The predicted molar refractivity (Wildman–Crippen MR) is 33.7 cm³/mol. The number of nitrogens with zero attached hydrogens (tertiary/aromatic N) is 3. The molecular formula is C4H4ClN3O. The lowest BCUT2D eigenvalue weighted by Gasteiger charge is -1.78. The van der Waals surface area contributed by atoms with Crippen LogP contribution in [0.3, 0.4) is 0 Å². The fourth-order valence-electron chi connectivity index (χ4n) is 0.510. The third-order valence-electron chi connectivity index (χ3n) is 0.864. The summed E-state index contributed by atoms with van der Waals surface area (Å²) in [5.41, 5.74) is 0.180. The number of hydrogen-bond donors (Lipinski definition) is 0. The van der Waals surface area contributed by atoms with E-state index >= 15 is 0 Å². The van der Waals surface area contributed by atoms with E-state index in [4.69, 9.17) is 11.6 Å². The van der Waals surface area contributed by atoms with Crippen molar-refractivity contribution < 1.29 is 0 Å². The molecular weight excluding hydrogens is 142 g/mol. The number of halogens is 1. The Bertz CT molecular complexity index is 232. The quantitative estimate of drug-likeness (QED) is 0.562. The molecule has 4 nitrogen and oxygen atoms in total. The maximum atomic E-state index is 9.85. The normalized spacial score (nSPS) is 9.56. The molecule has 0 bridgehead atoms. The van der Waals surface area contributed by atoms with Crippen molar-refractivity contribution in [2.75, 3.05) is 0 Å². The van der Waals surface area contributed by atoms with E-state index in [-0.39, 0.29) is 10.8 Å². The van der Waals surface area contributed by atoms with Crippen molar-refractivity contribution >= 4 is 17.3 Å². The van der Waals surface area contributed by atoms with Crippen molar-refractivity contribution in [1.29, 1.82) is 0 Å². The molecule has 0 saturated carbocycles. The first-order valence-corrected chi connectivity index (χ1v) is 2.64. The predicted octanol–water partition coefficient (Wildman–Crippen LogP) is 1.47. The zero-order valence-electron chi connectivity index (χ0n) is 4.71. The molecule has 0 spiro atoms. The minimum Gasteiger partial charge on any atom is -0.272 e. The Kier molecular flexibility index (Phi) is 1.48. The van der Waals surface area contributed by atoms with Crippen molar-refractivity contribution in [2.24, 2.45) is 12.2 Å². The van der Waals surface area contributed by atoms with Crippen LogP contribution in [0.5, 0.6) is 0 Å². The average Bonchev–Trinajstić information content (AvgIpc) is 2.10. The molecule has 0 N–H and O–H groups in total. The molecule has 48 valence electrons. The number of hydrogen-bond acceptors (Lipinski definition) is 3. The summed E-state index contributed by atoms with van der Waals surface area (Å²) in [7, 11) is 1.67. The zero-order valence-corrected chi connectivity index (χ0v) is 5.46. The van der Waals surface area contributed by atoms with Gasteiger partial charge in [-0.2, -0.15) is 5.10 Å². The number of rotatable bonds is 1. The third kappa shape index (κ3) is 1.08. The Balaban J connectivity index is 3.15. The molecule has 0 aliphatic rings. The molecule has 5 heteroatoms. The Morgan fingerprint density at radius 3 is 2.78 bits per heavy atom. The highest BCUT2D eigenvalue weighted by Gasteiger charge is 2.02. The molecule has 0 unspecified atom stereocenters. The van der Waals surface area contributed by atoms with Gasteiger partial charge in [0, 0.05) is 7.05 Å². The zero-order chi connectivity index (χ0) is 6.85. The highest BCUT2D eigenvalue weighted by molar-refractivity contribution is 6.31. The van der Waals surface area contributed by atoms with Crippen LogP contribution < -0.4 is 0 Å². The van der Waals surface area contributed by atoms with Gasteiger partial charge in [-0.1, -0.05) is 11.6 Å². The smallest absolute Gasteiger partial charge is 0.180 e. The topological polar surface area (TPSA) is 47.2 Å². The van der Waals surface area contributed by atoms with Crippen LogP contribution in [0.2, 0.25) is 5.15 Å². The number of aromatic nitrogens is 2. The number of nitroso groups, excluding NO2 is 1. The Morgan fingerprint density at radius 2 is 2.56 bits per heavy atom. The summed E-state index contributed by atoms with van der Waals surface area (Å²) in [5.74, 6) is 0. The molecule has 9 heavy (non-hydrogen) atoms. The van der Waals surface area contributed by atoms with E-state index in [0.717, 1.165) is 0 Å². The summed E-state index contributed by atoms with van der Waals surface area (Å²) >= 11 is 5.42. The lowest BCUT2D eigenvalue weighted by Crippen LogP contribution is -1.84. The molecule has 1 aromatic rings. The van der Waals surface area contributed by atoms with E-state index in [0.29, 0.717) is 0 Å². The molecule has 1 heterocycles. The lowest BCUT2D eigenvalue weighted by atomic mass is 10.6. The lowest BCUT2D eigenvalue weighted by molar-refractivity contribution is 0.768. The second-order valence-electron chi connectivity index (χ2n) is 1.57. The summed E-state index contributed by atoms with van der Waals surface area (Å²) < 4.78 is 1.43. The molecule has 0 amide bonds. The average molecular weight is 146 g/mol. The van der Waals surface area contributed by atoms with Crippen LogP contribution >= 0.6 is 11.6 Å². The first-order valence-electron chi connectivity index (χ1n) is 2.26. The van der Waals surface area contributed by atoms with Crippen LogP contribution in [-0.2, 0) is 7.05 Å². The second-order valence-corrected chi connectivity index (χ2v) is 1.93. The molecule has 0 fully saturated rings. The summed E-state index contributed by atoms with van der Waals surface area (Å²) in [6.45, 7) is 0. The minimum atomic E-state index is 0.146. The monoisotopic (exact) mass is 145 g/mol. The van der Waals surface area contributed by atoms with Gasteiger partial charge in [0.05, 0.1) is 6.20 Å². The van der Waals surface area contributed by atoms with Crippen LogP contribution in [0.4, 0.5) is 5.69 Å². The van der Waals surface area contributed by atoms with Gasteiger partial charge in [-0.25, -0.2) is 0 Å². The fraction of sp³-hybridized carbons (Fsp3) is 0.250. The van der Waals surface area contributed by atoms with E-state index < -0.39 is 0 Å². The largest absolute Gasteiger partial charge is 0.272 e. The van der Waals surface area contributed by atoms with Gasteiger partial charge in [-0.15, -0.1) is 4.91 Å². The standard InChI is InChI=1S/C4H4ClN3O/c1-8-2-3(7-9)4(5)6-8/h2H,1H3. The van der Waals surface area contributed by atoms with E-state index in [9.17, 15) is 4.91 Å². The Labute approximate surface area is 56.4 Å². The maximum Gasteiger partial charge on any atom is 0.180 e. The first-order chi connectivity index (χ1) is 4.24. The van der Waals surface area contributed by atoms with Gasteiger partial charge in [0.15, 0.2) is 10.8 Å². The molecule has 0 radical (unpaired) electrons. The molecule has 0 aliphatic carbocycles.